The number of rotatable bonds is 7. The van der Waals surface area contributed by atoms with Crippen LogP contribution in [0.15, 0.2) is 17.5 Å². The fourth-order valence-electron chi connectivity index (χ4n) is 2.35. The van der Waals surface area contributed by atoms with Crippen LogP contribution in [0.4, 0.5) is 0 Å². The van der Waals surface area contributed by atoms with E-state index in [2.05, 4.69) is 41.8 Å². The van der Waals surface area contributed by atoms with Crippen LogP contribution in [0.3, 0.4) is 0 Å². The van der Waals surface area contributed by atoms with Gasteiger partial charge in [0.05, 0.1) is 0 Å². The third-order valence-corrected chi connectivity index (χ3v) is 4.37. The molecular formula is C13H22N2S. The zero-order valence-corrected chi connectivity index (χ0v) is 11.1. The van der Waals surface area contributed by atoms with Crippen LogP contribution in [-0.4, -0.2) is 38.6 Å². The van der Waals surface area contributed by atoms with Crippen LogP contribution >= 0.6 is 11.3 Å². The summed E-state index contributed by atoms with van der Waals surface area (Å²) in [5, 5.41) is 5.49. The van der Waals surface area contributed by atoms with Gasteiger partial charge in [-0.2, -0.15) is 0 Å². The average Bonchev–Trinajstić information content (AvgIpc) is 2.82. The first kappa shape index (κ1) is 12.1. The number of thiophene rings is 1. The standard InChI is InChI=1S/C13H22N2S/c1-14-10-13(6-7-13)11-15(2)8-5-12-4-3-9-16-12/h3-4,9,14H,5-8,10-11H2,1-2H3. The maximum absolute atomic E-state index is 3.32. The SMILES string of the molecule is CNCC1(CN(C)CCc2cccs2)CC1. The smallest absolute Gasteiger partial charge is 0.00579 e. The molecule has 16 heavy (non-hydrogen) atoms. The molecule has 0 bridgehead atoms. The van der Waals surface area contributed by atoms with E-state index < -0.39 is 0 Å². The highest BCUT2D eigenvalue weighted by molar-refractivity contribution is 7.09. The van der Waals surface area contributed by atoms with E-state index in [-0.39, 0.29) is 0 Å². The second-order valence-electron chi connectivity index (χ2n) is 5.10. The first-order valence-electron chi connectivity index (χ1n) is 6.10. The lowest BCUT2D eigenvalue weighted by Gasteiger charge is -2.23. The third kappa shape index (κ3) is 3.30. The molecule has 0 aliphatic heterocycles. The van der Waals surface area contributed by atoms with Gasteiger partial charge in [-0.25, -0.2) is 0 Å². The van der Waals surface area contributed by atoms with Gasteiger partial charge >= 0.3 is 0 Å². The Labute approximate surface area is 103 Å². The highest BCUT2D eigenvalue weighted by atomic mass is 32.1. The fraction of sp³-hybridized carbons (Fsp3) is 0.692. The van der Waals surface area contributed by atoms with Gasteiger partial charge < -0.3 is 10.2 Å². The van der Waals surface area contributed by atoms with E-state index in [1.807, 2.05) is 11.3 Å². The Balaban J connectivity index is 1.70. The molecule has 2 nitrogen and oxygen atoms in total. The molecule has 0 saturated heterocycles. The zero-order chi connectivity index (χ0) is 11.4. The molecule has 1 fully saturated rings. The summed E-state index contributed by atoms with van der Waals surface area (Å²) >= 11 is 1.87. The van der Waals surface area contributed by atoms with Crippen molar-refractivity contribution in [2.75, 3.05) is 33.7 Å². The van der Waals surface area contributed by atoms with E-state index in [4.69, 9.17) is 0 Å². The molecule has 3 heteroatoms. The van der Waals surface area contributed by atoms with Crippen molar-refractivity contribution in [1.82, 2.24) is 10.2 Å². The molecule has 1 aromatic rings. The molecule has 1 N–H and O–H groups in total. The van der Waals surface area contributed by atoms with Crippen molar-refractivity contribution >= 4 is 11.3 Å². The topological polar surface area (TPSA) is 15.3 Å². The van der Waals surface area contributed by atoms with Crippen LogP contribution in [0.5, 0.6) is 0 Å². The molecule has 90 valence electrons. The van der Waals surface area contributed by atoms with Gasteiger partial charge in [-0.05, 0) is 50.2 Å². The van der Waals surface area contributed by atoms with Gasteiger partial charge in [0.1, 0.15) is 0 Å². The molecule has 1 aromatic heterocycles. The minimum atomic E-state index is 0.596. The summed E-state index contributed by atoms with van der Waals surface area (Å²) in [5.74, 6) is 0. The van der Waals surface area contributed by atoms with Crippen molar-refractivity contribution in [3.8, 4) is 0 Å². The van der Waals surface area contributed by atoms with Crippen LogP contribution < -0.4 is 5.32 Å². The minimum Gasteiger partial charge on any atom is -0.319 e. The molecule has 0 amide bonds. The molecule has 0 atom stereocenters. The van der Waals surface area contributed by atoms with Crippen molar-refractivity contribution in [2.24, 2.45) is 5.41 Å². The fourth-order valence-corrected chi connectivity index (χ4v) is 3.05. The molecule has 0 spiro atoms. The molecule has 1 saturated carbocycles. The quantitative estimate of drug-likeness (QED) is 0.783. The lowest BCUT2D eigenvalue weighted by molar-refractivity contribution is 0.262. The van der Waals surface area contributed by atoms with Gasteiger partial charge in [0.15, 0.2) is 0 Å². The first-order valence-corrected chi connectivity index (χ1v) is 6.98. The molecular weight excluding hydrogens is 216 g/mol. The van der Waals surface area contributed by atoms with Crippen molar-refractivity contribution in [3.05, 3.63) is 22.4 Å². The summed E-state index contributed by atoms with van der Waals surface area (Å²) < 4.78 is 0. The van der Waals surface area contributed by atoms with Gasteiger partial charge in [-0.3, -0.25) is 0 Å². The van der Waals surface area contributed by atoms with Gasteiger partial charge in [-0.15, -0.1) is 11.3 Å². The van der Waals surface area contributed by atoms with E-state index in [9.17, 15) is 0 Å². The third-order valence-electron chi connectivity index (χ3n) is 3.43. The zero-order valence-electron chi connectivity index (χ0n) is 10.3. The molecule has 0 radical (unpaired) electrons. The Hall–Kier alpha value is -0.380. The monoisotopic (exact) mass is 238 g/mol. The minimum absolute atomic E-state index is 0.596. The largest absolute Gasteiger partial charge is 0.319 e. The molecule has 2 rings (SSSR count). The van der Waals surface area contributed by atoms with E-state index in [1.54, 1.807) is 0 Å². The van der Waals surface area contributed by atoms with Gasteiger partial charge in [0.2, 0.25) is 0 Å². The first-order chi connectivity index (χ1) is 7.74. The second kappa shape index (κ2) is 5.30. The van der Waals surface area contributed by atoms with E-state index in [0.717, 1.165) is 0 Å². The van der Waals surface area contributed by atoms with Gasteiger partial charge in [0, 0.05) is 24.5 Å². The lowest BCUT2D eigenvalue weighted by atomic mass is 10.1. The van der Waals surface area contributed by atoms with Crippen LogP contribution in [0.25, 0.3) is 0 Å². The second-order valence-corrected chi connectivity index (χ2v) is 6.13. The van der Waals surface area contributed by atoms with Crippen LogP contribution in [0.1, 0.15) is 17.7 Å². The van der Waals surface area contributed by atoms with E-state index in [1.165, 1.54) is 43.8 Å². The Bertz CT molecular complexity index is 304. The van der Waals surface area contributed by atoms with Crippen LogP contribution in [-0.2, 0) is 6.42 Å². The molecule has 1 heterocycles. The van der Waals surface area contributed by atoms with Crippen molar-refractivity contribution in [3.63, 3.8) is 0 Å². The predicted molar refractivity (Wildman–Crippen MR) is 71.1 cm³/mol. The molecule has 1 aliphatic carbocycles. The van der Waals surface area contributed by atoms with Crippen molar-refractivity contribution in [2.45, 2.75) is 19.3 Å². The number of likely N-dealkylation sites (N-methyl/N-ethyl adjacent to an activating group) is 1. The summed E-state index contributed by atoms with van der Waals surface area (Å²) in [7, 11) is 4.31. The Morgan fingerprint density at radius 2 is 2.31 bits per heavy atom. The predicted octanol–water partition coefficient (Wildman–Crippen LogP) is 2.22. The molecule has 1 aliphatic rings. The Kier molecular flexibility index (Phi) is 4.00. The summed E-state index contributed by atoms with van der Waals surface area (Å²) in [4.78, 5) is 4.00. The van der Waals surface area contributed by atoms with Crippen LogP contribution in [0, 0.1) is 5.41 Å². The maximum Gasteiger partial charge on any atom is 0.00579 e. The van der Waals surface area contributed by atoms with E-state index in [0.29, 0.717) is 5.41 Å². The maximum atomic E-state index is 3.32. The lowest BCUT2D eigenvalue weighted by Crippen LogP contribution is -2.33. The Morgan fingerprint density at radius 3 is 2.88 bits per heavy atom. The van der Waals surface area contributed by atoms with Gasteiger partial charge in [0.25, 0.3) is 0 Å². The summed E-state index contributed by atoms with van der Waals surface area (Å²) in [5.41, 5.74) is 0.596. The Morgan fingerprint density at radius 1 is 1.50 bits per heavy atom. The molecule has 0 unspecified atom stereocenters. The van der Waals surface area contributed by atoms with E-state index >= 15 is 0 Å². The molecule has 0 aromatic carbocycles. The summed E-state index contributed by atoms with van der Waals surface area (Å²) in [6, 6.07) is 4.38. The number of hydrogen-bond donors (Lipinski definition) is 1. The van der Waals surface area contributed by atoms with Crippen LogP contribution in [0.2, 0.25) is 0 Å². The summed E-state index contributed by atoms with van der Waals surface area (Å²) in [6.45, 7) is 3.61. The van der Waals surface area contributed by atoms with Crippen molar-refractivity contribution in [1.29, 1.82) is 0 Å². The normalized spacial score (nSPS) is 17.9. The highest BCUT2D eigenvalue weighted by Gasteiger charge is 2.42. The number of hydrogen-bond acceptors (Lipinski definition) is 3. The van der Waals surface area contributed by atoms with Crippen molar-refractivity contribution < 1.29 is 0 Å². The highest BCUT2D eigenvalue weighted by Crippen LogP contribution is 2.45. The average molecular weight is 238 g/mol. The van der Waals surface area contributed by atoms with Gasteiger partial charge in [-0.1, -0.05) is 6.07 Å². The number of nitrogens with one attached hydrogen (secondary N) is 1. The number of nitrogens with zero attached hydrogens (tertiary/aromatic N) is 1. The summed E-state index contributed by atoms with van der Waals surface area (Å²) in [6.07, 6.45) is 4.00.